The van der Waals surface area contributed by atoms with Gasteiger partial charge in [-0.3, -0.25) is 0 Å². The Balaban J connectivity index is 1.53. The molecule has 0 fully saturated rings. The van der Waals surface area contributed by atoms with Crippen LogP contribution >= 0.6 is 0 Å². The summed E-state index contributed by atoms with van der Waals surface area (Å²) in [7, 11) is 0. The van der Waals surface area contributed by atoms with Gasteiger partial charge in [-0.25, -0.2) is 9.97 Å². The van der Waals surface area contributed by atoms with Gasteiger partial charge in [-0.1, -0.05) is 54.6 Å². The molecule has 0 spiro atoms. The van der Waals surface area contributed by atoms with Gasteiger partial charge in [0, 0.05) is 17.1 Å². The highest BCUT2D eigenvalue weighted by atomic mass is 14.9. The number of aromatic nitrogens is 2. The topological polar surface area (TPSA) is 25.8 Å². The number of hydrogen-bond acceptors (Lipinski definition) is 2. The van der Waals surface area contributed by atoms with E-state index in [-0.39, 0.29) is 0 Å². The van der Waals surface area contributed by atoms with E-state index in [9.17, 15) is 0 Å². The predicted molar refractivity (Wildman–Crippen MR) is 117 cm³/mol. The molecule has 0 aliphatic heterocycles. The van der Waals surface area contributed by atoms with Gasteiger partial charge in [-0.05, 0) is 70.5 Å². The molecule has 0 atom stereocenters. The molecule has 1 aliphatic carbocycles. The highest BCUT2D eigenvalue weighted by Crippen LogP contribution is 2.34. The monoisotopic (exact) mass is 360 g/mol. The zero-order chi connectivity index (χ0) is 18.5. The molecule has 0 saturated carbocycles. The molecule has 28 heavy (non-hydrogen) atoms. The molecule has 2 heteroatoms. The highest BCUT2D eigenvalue weighted by molar-refractivity contribution is 6.09. The number of rotatable bonds is 1. The number of fused-ring (bicyclic) bond motifs is 6. The van der Waals surface area contributed by atoms with E-state index in [1.807, 2.05) is 30.5 Å². The maximum atomic E-state index is 4.76. The molecule has 0 saturated heterocycles. The summed E-state index contributed by atoms with van der Waals surface area (Å²) >= 11 is 0. The first-order valence-electron chi connectivity index (χ1n) is 10.1. The van der Waals surface area contributed by atoms with Crippen molar-refractivity contribution in [3.63, 3.8) is 0 Å². The van der Waals surface area contributed by atoms with Gasteiger partial charge < -0.3 is 0 Å². The molecule has 1 aliphatic rings. The SMILES string of the molecule is c1ccc2nc(-c3ccc4c(ccc5c6c(ccc54)CCCC6)c3)ncc2c1. The standard InChI is InChI=1S/C26H20N2/c1-3-7-21-17(5-1)9-13-24-22-12-11-19(15-18(22)10-14-23(21)24)26-27-16-20-6-2-4-8-25(20)28-26/h2,4,6,8-16H,1,3,5,7H2. The molecule has 4 aromatic carbocycles. The third-order valence-corrected chi connectivity index (χ3v) is 6.10. The molecule has 5 aromatic rings. The van der Waals surface area contributed by atoms with Gasteiger partial charge in [-0.2, -0.15) is 0 Å². The molecule has 0 amide bonds. The molecule has 6 rings (SSSR count). The molecule has 0 bridgehead atoms. The predicted octanol–water partition coefficient (Wildman–Crippen LogP) is 6.48. The summed E-state index contributed by atoms with van der Waals surface area (Å²) < 4.78 is 0. The summed E-state index contributed by atoms with van der Waals surface area (Å²) in [5.74, 6) is 0.783. The lowest BCUT2D eigenvalue weighted by molar-refractivity contribution is 0.690. The third-order valence-electron chi connectivity index (χ3n) is 6.10. The van der Waals surface area contributed by atoms with Crippen LogP contribution in [0.3, 0.4) is 0 Å². The average molecular weight is 360 g/mol. The van der Waals surface area contributed by atoms with Crippen LogP contribution < -0.4 is 0 Å². The van der Waals surface area contributed by atoms with E-state index in [2.05, 4.69) is 47.4 Å². The maximum Gasteiger partial charge on any atom is 0.159 e. The number of benzene rings is 4. The zero-order valence-corrected chi connectivity index (χ0v) is 15.7. The summed E-state index contributed by atoms with van der Waals surface area (Å²) in [4.78, 5) is 9.35. The Morgan fingerprint density at radius 1 is 0.679 bits per heavy atom. The molecule has 2 nitrogen and oxygen atoms in total. The van der Waals surface area contributed by atoms with Crippen LogP contribution in [0.2, 0.25) is 0 Å². The Morgan fingerprint density at radius 2 is 1.54 bits per heavy atom. The number of aryl methyl sites for hydroxylation is 2. The van der Waals surface area contributed by atoms with Crippen molar-refractivity contribution in [2.45, 2.75) is 25.7 Å². The lowest BCUT2D eigenvalue weighted by Crippen LogP contribution is -2.03. The van der Waals surface area contributed by atoms with Gasteiger partial charge >= 0.3 is 0 Å². The van der Waals surface area contributed by atoms with Crippen molar-refractivity contribution in [2.24, 2.45) is 0 Å². The van der Waals surface area contributed by atoms with Crippen molar-refractivity contribution in [1.29, 1.82) is 0 Å². The van der Waals surface area contributed by atoms with Gasteiger partial charge in [0.2, 0.25) is 0 Å². The maximum absolute atomic E-state index is 4.76. The fourth-order valence-electron chi connectivity index (χ4n) is 4.65. The first-order chi connectivity index (χ1) is 13.9. The minimum absolute atomic E-state index is 0.783. The largest absolute Gasteiger partial charge is 0.236 e. The van der Waals surface area contributed by atoms with Crippen molar-refractivity contribution < 1.29 is 0 Å². The quantitative estimate of drug-likeness (QED) is 0.320. The first-order valence-corrected chi connectivity index (χ1v) is 10.1. The second-order valence-corrected chi connectivity index (χ2v) is 7.76. The second kappa shape index (κ2) is 6.13. The van der Waals surface area contributed by atoms with Crippen molar-refractivity contribution in [3.05, 3.63) is 84.1 Å². The lowest BCUT2D eigenvalue weighted by Gasteiger charge is -2.18. The van der Waals surface area contributed by atoms with Crippen LogP contribution in [0.5, 0.6) is 0 Å². The first kappa shape index (κ1) is 15.8. The fraction of sp³-hybridized carbons (Fsp3) is 0.154. The van der Waals surface area contributed by atoms with Crippen LogP contribution in [0, 0.1) is 0 Å². The van der Waals surface area contributed by atoms with E-state index >= 15 is 0 Å². The van der Waals surface area contributed by atoms with Gasteiger partial charge in [0.15, 0.2) is 5.82 Å². The number of hydrogen-bond donors (Lipinski definition) is 0. The Kier molecular flexibility index (Phi) is 3.45. The van der Waals surface area contributed by atoms with Crippen molar-refractivity contribution >= 4 is 32.4 Å². The smallest absolute Gasteiger partial charge is 0.159 e. The average Bonchev–Trinajstić information content (AvgIpc) is 2.78. The van der Waals surface area contributed by atoms with Gasteiger partial charge in [0.25, 0.3) is 0 Å². The molecule has 134 valence electrons. The molecular weight excluding hydrogens is 340 g/mol. The van der Waals surface area contributed by atoms with E-state index in [0.29, 0.717) is 0 Å². The molecule has 1 heterocycles. The number of nitrogens with zero attached hydrogens (tertiary/aromatic N) is 2. The Morgan fingerprint density at radius 3 is 2.54 bits per heavy atom. The van der Waals surface area contributed by atoms with E-state index in [1.54, 1.807) is 11.1 Å². The van der Waals surface area contributed by atoms with Gasteiger partial charge in [0.05, 0.1) is 5.52 Å². The van der Waals surface area contributed by atoms with Crippen LogP contribution in [0.25, 0.3) is 43.8 Å². The van der Waals surface area contributed by atoms with E-state index in [4.69, 9.17) is 4.98 Å². The van der Waals surface area contributed by atoms with Crippen molar-refractivity contribution in [1.82, 2.24) is 9.97 Å². The van der Waals surface area contributed by atoms with Crippen LogP contribution in [-0.4, -0.2) is 9.97 Å². The normalized spacial score (nSPS) is 13.9. The molecular formula is C26H20N2. The minimum Gasteiger partial charge on any atom is -0.236 e. The summed E-state index contributed by atoms with van der Waals surface area (Å²) in [5, 5.41) is 6.43. The zero-order valence-electron chi connectivity index (χ0n) is 15.7. The fourth-order valence-corrected chi connectivity index (χ4v) is 4.65. The summed E-state index contributed by atoms with van der Waals surface area (Å²) in [6.07, 6.45) is 6.97. The lowest BCUT2D eigenvalue weighted by atomic mass is 9.86. The van der Waals surface area contributed by atoms with E-state index < -0.39 is 0 Å². The van der Waals surface area contributed by atoms with Crippen LogP contribution in [0.1, 0.15) is 24.0 Å². The van der Waals surface area contributed by atoms with Crippen molar-refractivity contribution in [2.75, 3.05) is 0 Å². The molecule has 0 radical (unpaired) electrons. The Labute approximate surface area is 163 Å². The third kappa shape index (κ3) is 2.41. The summed E-state index contributed by atoms with van der Waals surface area (Å²) in [6.45, 7) is 0. The summed E-state index contributed by atoms with van der Waals surface area (Å²) in [5.41, 5.74) is 5.15. The minimum atomic E-state index is 0.783. The molecule has 0 unspecified atom stereocenters. The molecule has 1 aromatic heterocycles. The summed E-state index contributed by atoms with van der Waals surface area (Å²) in [6, 6.07) is 24.0. The number of para-hydroxylation sites is 1. The van der Waals surface area contributed by atoms with E-state index in [1.165, 1.54) is 47.2 Å². The van der Waals surface area contributed by atoms with Crippen LogP contribution in [0.15, 0.2) is 72.9 Å². The van der Waals surface area contributed by atoms with E-state index in [0.717, 1.165) is 22.3 Å². The Hall–Kier alpha value is -3.26. The van der Waals surface area contributed by atoms with Crippen LogP contribution in [0.4, 0.5) is 0 Å². The Bertz CT molecular complexity index is 1370. The second-order valence-electron chi connectivity index (χ2n) is 7.76. The van der Waals surface area contributed by atoms with Gasteiger partial charge in [0.1, 0.15) is 0 Å². The van der Waals surface area contributed by atoms with Crippen LogP contribution in [-0.2, 0) is 12.8 Å². The highest BCUT2D eigenvalue weighted by Gasteiger charge is 2.14. The van der Waals surface area contributed by atoms with Crippen molar-refractivity contribution in [3.8, 4) is 11.4 Å². The molecule has 0 N–H and O–H groups in total. The van der Waals surface area contributed by atoms with Gasteiger partial charge in [-0.15, -0.1) is 0 Å².